The Labute approximate surface area is 97.9 Å². The molecule has 1 aromatic rings. The van der Waals surface area contributed by atoms with Crippen molar-refractivity contribution in [2.24, 2.45) is 0 Å². The van der Waals surface area contributed by atoms with E-state index in [0.29, 0.717) is 5.56 Å². The molecular formula is C11H15F3N2O. The van der Waals surface area contributed by atoms with E-state index in [1.165, 1.54) is 12.3 Å². The van der Waals surface area contributed by atoms with Crippen LogP contribution >= 0.6 is 0 Å². The minimum absolute atomic E-state index is 0.204. The van der Waals surface area contributed by atoms with Gasteiger partial charge in [-0.2, -0.15) is 13.2 Å². The monoisotopic (exact) mass is 248 g/mol. The van der Waals surface area contributed by atoms with Crippen molar-refractivity contribution in [1.29, 1.82) is 0 Å². The van der Waals surface area contributed by atoms with Gasteiger partial charge in [-0.1, -0.05) is 0 Å². The van der Waals surface area contributed by atoms with E-state index in [-0.39, 0.29) is 12.4 Å². The van der Waals surface area contributed by atoms with Crippen molar-refractivity contribution in [3.8, 4) is 0 Å². The lowest BCUT2D eigenvalue weighted by molar-refractivity contribution is -0.119. The Morgan fingerprint density at radius 3 is 2.59 bits per heavy atom. The van der Waals surface area contributed by atoms with E-state index in [0.717, 1.165) is 4.90 Å². The van der Waals surface area contributed by atoms with Crippen LogP contribution in [0.5, 0.6) is 0 Å². The fourth-order valence-corrected chi connectivity index (χ4v) is 1.44. The van der Waals surface area contributed by atoms with Crippen molar-refractivity contribution in [3.05, 3.63) is 23.9 Å². The van der Waals surface area contributed by atoms with Crippen LogP contribution in [0.15, 0.2) is 18.3 Å². The molecule has 0 aliphatic carbocycles. The summed E-state index contributed by atoms with van der Waals surface area (Å²) in [6, 6.07) is 3.05. The highest BCUT2D eigenvalue weighted by Crippen LogP contribution is 2.22. The quantitative estimate of drug-likeness (QED) is 0.889. The van der Waals surface area contributed by atoms with Crippen molar-refractivity contribution >= 4 is 5.82 Å². The van der Waals surface area contributed by atoms with Crippen LogP contribution in [-0.2, 0) is 0 Å². The van der Waals surface area contributed by atoms with Gasteiger partial charge in [-0.3, -0.25) is 0 Å². The van der Waals surface area contributed by atoms with Crippen molar-refractivity contribution in [1.82, 2.24) is 4.98 Å². The summed E-state index contributed by atoms with van der Waals surface area (Å²) >= 11 is 0. The molecule has 1 N–H and O–H groups in total. The predicted molar refractivity (Wildman–Crippen MR) is 58.8 cm³/mol. The Balaban J connectivity index is 2.92. The molecule has 0 saturated carbocycles. The molecule has 0 bridgehead atoms. The Hall–Kier alpha value is -1.30. The molecule has 0 amide bonds. The number of rotatable bonds is 4. The number of halogens is 3. The molecule has 0 aliphatic rings. The van der Waals surface area contributed by atoms with E-state index in [2.05, 4.69) is 4.98 Å². The summed E-state index contributed by atoms with van der Waals surface area (Å²) in [6.07, 6.45) is -3.59. The maximum atomic E-state index is 12.3. The molecule has 1 heterocycles. The van der Waals surface area contributed by atoms with Gasteiger partial charge in [-0.05, 0) is 31.5 Å². The minimum atomic E-state index is -4.27. The van der Waals surface area contributed by atoms with Crippen LogP contribution in [0.4, 0.5) is 19.0 Å². The standard InChI is InChI=1S/C11H15F3N2O/c1-3-16(7-11(12,13)14)10-6-9(8(2)17)4-5-15-10/h4-6,8,17H,3,7H2,1-2H3/t8-/m0/s1. The lowest BCUT2D eigenvalue weighted by Gasteiger charge is -2.23. The maximum absolute atomic E-state index is 12.3. The summed E-state index contributed by atoms with van der Waals surface area (Å²) in [7, 11) is 0. The molecule has 17 heavy (non-hydrogen) atoms. The van der Waals surface area contributed by atoms with Crippen LogP contribution in [0, 0.1) is 0 Å². The third-order valence-corrected chi connectivity index (χ3v) is 2.33. The highest BCUT2D eigenvalue weighted by molar-refractivity contribution is 5.41. The molecule has 1 atom stereocenters. The van der Waals surface area contributed by atoms with E-state index >= 15 is 0 Å². The molecule has 0 aromatic carbocycles. The zero-order valence-electron chi connectivity index (χ0n) is 9.70. The number of hydrogen-bond donors (Lipinski definition) is 1. The first-order chi connectivity index (χ1) is 7.83. The Morgan fingerprint density at radius 1 is 1.47 bits per heavy atom. The van der Waals surface area contributed by atoms with Crippen molar-refractivity contribution in [3.63, 3.8) is 0 Å². The molecule has 0 spiro atoms. The first-order valence-electron chi connectivity index (χ1n) is 5.29. The first-order valence-corrected chi connectivity index (χ1v) is 5.29. The zero-order chi connectivity index (χ0) is 13.1. The number of hydrogen-bond acceptors (Lipinski definition) is 3. The number of nitrogens with zero attached hydrogens (tertiary/aromatic N) is 2. The van der Waals surface area contributed by atoms with Crippen LogP contribution in [-0.4, -0.2) is 29.4 Å². The van der Waals surface area contributed by atoms with Crippen LogP contribution < -0.4 is 4.90 Å². The summed E-state index contributed by atoms with van der Waals surface area (Å²) in [6.45, 7) is 2.34. The second-order valence-electron chi connectivity index (χ2n) is 3.75. The molecule has 0 radical (unpaired) electrons. The summed E-state index contributed by atoms with van der Waals surface area (Å²) in [5, 5.41) is 9.37. The van der Waals surface area contributed by atoms with Gasteiger partial charge in [0.15, 0.2) is 0 Å². The summed E-state index contributed by atoms with van der Waals surface area (Å²) in [5.74, 6) is 0.225. The largest absolute Gasteiger partial charge is 0.405 e. The van der Waals surface area contributed by atoms with Gasteiger partial charge in [0, 0.05) is 12.7 Å². The van der Waals surface area contributed by atoms with Crippen LogP contribution in [0.1, 0.15) is 25.5 Å². The fourth-order valence-electron chi connectivity index (χ4n) is 1.44. The van der Waals surface area contributed by atoms with Gasteiger partial charge in [-0.25, -0.2) is 4.98 Å². The Morgan fingerprint density at radius 2 is 2.12 bits per heavy atom. The van der Waals surface area contributed by atoms with E-state index in [1.54, 1.807) is 19.9 Å². The Kier molecular flexibility index (Phi) is 4.34. The van der Waals surface area contributed by atoms with Gasteiger partial charge in [0.25, 0.3) is 0 Å². The zero-order valence-corrected chi connectivity index (χ0v) is 9.70. The van der Waals surface area contributed by atoms with Crippen LogP contribution in [0.25, 0.3) is 0 Å². The number of aromatic nitrogens is 1. The second-order valence-corrected chi connectivity index (χ2v) is 3.75. The maximum Gasteiger partial charge on any atom is 0.405 e. The average molecular weight is 248 g/mol. The topological polar surface area (TPSA) is 36.4 Å². The highest BCUT2D eigenvalue weighted by atomic mass is 19.4. The van der Waals surface area contributed by atoms with E-state index in [9.17, 15) is 18.3 Å². The van der Waals surface area contributed by atoms with Gasteiger partial charge < -0.3 is 10.0 Å². The van der Waals surface area contributed by atoms with Crippen molar-refractivity contribution < 1.29 is 18.3 Å². The molecule has 96 valence electrons. The number of pyridine rings is 1. The summed E-state index contributed by atoms with van der Waals surface area (Å²) in [5.41, 5.74) is 0.552. The Bertz CT molecular complexity index is 366. The minimum Gasteiger partial charge on any atom is -0.389 e. The molecule has 6 heteroatoms. The van der Waals surface area contributed by atoms with Gasteiger partial charge in [-0.15, -0.1) is 0 Å². The average Bonchev–Trinajstić information content (AvgIpc) is 2.25. The van der Waals surface area contributed by atoms with Gasteiger partial charge in [0.2, 0.25) is 0 Å². The summed E-state index contributed by atoms with van der Waals surface area (Å²) in [4.78, 5) is 5.01. The highest BCUT2D eigenvalue weighted by Gasteiger charge is 2.30. The normalized spacial score (nSPS) is 13.5. The molecule has 0 fully saturated rings. The molecule has 0 saturated heterocycles. The van der Waals surface area contributed by atoms with Gasteiger partial charge in [0.05, 0.1) is 6.10 Å². The smallest absolute Gasteiger partial charge is 0.389 e. The van der Waals surface area contributed by atoms with E-state index < -0.39 is 18.8 Å². The number of anilines is 1. The lowest BCUT2D eigenvalue weighted by atomic mass is 10.1. The van der Waals surface area contributed by atoms with Gasteiger partial charge >= 0.3 is 6.18 Å². The fraction of sp³-hybridized carbons (Fsp3) is 0.545. The van der Waals surface area contributed by atoms with Gasteiger partial charge in [0.1, 0.15) is 12.4 Å². The van der Waals surface area contributed by atoms with E-state index in [1.807, 2.05) is 0 Å². The summed E-state index contributed by atoms with van der Waals surface area (Å²) < 4.78 is 37.0. The van der Waals surface area contributed by atoms with E-state index in [4.69, 9.17) is 0 Å². The molecule has 1 rings (SSSR count). The molecule has 0 unspecified atom stereocenters. The van der Waals surface area contributed by atoms with Crippen molar-refractivity contribution in [2.75, 3.05) is 18.0 Å². The predicted octanol–water partition coefficient (Wildman–Crippen LogP) is 2.52. The van der Waals surface area contributed by atoms with Crippen LogP contribution in [0.3, 0.4) is 0 Å². The molecular weight excluding hydrogens is 233 g/mol. The number of aliphatic hydroxyl groups excluding tert-OH is 1. The lowest BCUT2D eigenvalue weighted by Crippen LogP contribution is -2.34. The number of aliphatic hydroxyl groups is 1. The molecule has 3 nitrogen and oxygen atoms in total. The first kappa shape index (κ1) is 13.8. The van der Waals surface area contributed by atoms with Crippen molar-refractivity contribution in [2.45, 2.75) is 26.1 Å². The SMILES string of the molecule is CCN(CC(F)(F)F)c1cc([C@H](C)O)ccn1. The third-order valence-electron chi connectivity index (χ3n) is 2.33. The third kappa shape index (κ3) is 4.22. The molecule has 0 aliphatic heterocycles. The molecule has 1 aromatic heterocycles. The van der Waals surface area contributed by atoms with Crippen LogP contribution in [0.2, 0.25) is 0 Å². The number of alkyl halides is 3. The second kappa shape index (κ2) is 5.35.